The maximum Gasteiger partial charge on any atom is 0.336 e. The number of nitrogens with one attached hydrogen (secondary N) is 2. The number of alkyl halides is 1. The minimum absolute atomic E-state index is 0.0734. The van der Waals surface area contributed by atoms with Gasteiger partial charge in [0, 0.05) is 17.4 Å². The Morgan fingerprint density at radius 2 is 1.67 bits per heavy atom. The Kier molecular flexibility index (Phi) is 6.87. The Labute approximate surface area is 177 Å². The van der Waals surface area contributed by atoms with Crippen LogP contribution in [0.3, 0.4) is 0 Å². The summed E-state index contributed by atoms with van der Waals surface area (Å²) in [6.07, 6.45) is 0. The van der Waals surface area contributed by atoms with Gasteiger partial charge in [-0.05, 0) is 48.5 Å². The van der Waals surface area contributed by atoms with Crippen molar-refractivity contribution in [3.8, 4) is 5.75 Å². The molecule has 0 heterocycles. The molecule has 0 bridgehead atoms. The summed E-state index contributed by atoms with van der Waals surface area (Å²) in [6.45, 7) is -0.976. The molecule has 0 fully saturated rings. The predicted molar refractivity (Wildman–Crippen MR) is 114 cm³/mol. The van der Waals surface area contributed by atoms with Crippen molar-refractivity contribution in [2.24, 2.45) is 0 Å². The topological polar surface area (TPSA) is 70.7 Å². The molecule has 0 aromatic heterocycles. The average Bonchev–Trinajstić information content (AvgIpc) is 2.74. The summed E-state index contributed by atoms with van der Waals surface area (Å²) in [5, 5.41) is 5.20. The lowest BCUT2D eigenvalue weighted by molar-refractivity contribution is 0.102. The fourth-order valence-electron chi connectivity index (χ4n) is 2.55. The molecule has 0 radical (unpaired) electrons. The van der Waals surface area contributed by atoms with Gasteiger partial charge in [-0.1, -0.05) is 31.0 Å². The van der Waals surface area contributed by atoms with Crippen LogP contribution in [0.1, 0.15) is 10.4 Å². The van der Waals surface area contributed by atoms with E-state index in [9.17, 15) is 18.4 Å². The molecule has 3 rings (SSSR count). The van der Waals surface area contributed by atoms with Crippen LogP contribution in [-0.4, -0.2) is 18.8 Å². The molecule has 9 heteroatoms. The van der Waals surface area contributed by atoms with E-state index in [1.165, 1.54) is 24.3 Å². The highest BCUT2D eigenvalue weighted by Crippen LogP contribution is 2.23. The molecule has 0 spiro atoms. The Balaban J connectivity index is 1.63. The number of hydrogen-bond acceptors (Lipinski definition) is 4. The largest absolute Gasteiger partial charge is 0.463 e. The van der Waals surface area contributed by atoms with E-state index in [4.69, 9.17) is 4.74 Å². The molecule has 3 aromatic carbocycles. The summed E-state index contributed by atoms with van der Waals surface area (Å²) < 4.78 is 31.8. The summed E-state index contributed by atoms with van der Waals surface area (Å²) in [4.78, 5) is 24.5. The molecule has 3 amide bonds. The molecule has 0 unspecified atom stereocenters. The Morgan fingerprint density at radius 3 is 2.37 bits per heavy atom. The number of anilines is 3. The number of hydrogen-bond donors (Lipinski definition) is 3. The number of rotatable bonds is 6. The lowest BCUT2D eigenvalue weighted by atomic mass is 10.2. The number of halogens is 2. The molecule has 0 aliphatic rings. The van der Waals surface area contributed by atoms with Gasteiger partial charge < -0.3 is 15.4 Å². The molecule has 6 nitrogen and oxygen atoms in total. The average molecular weight is 429 g/mol. The van der Waals surface area contributed by atoms with Crippen molar-refractivity contribution in [2.75, 3.05) is 21.8 Å². The van der Waals surface area contributed by atoms with Crippen molar-refractivity contribution < 1.29 is 23.1 Å². The van der Waals surface area contributed by atoms with Crippen molar-refractivity contribution in [2.45, 2.75) is 0 Å². The van der Waals surface area contributed by atoms with Gasteiger partial charge in [0.1, 0.15) is 11.6 Å². The normalized spacial score (nSPS) is 10.2. The number of carbonyl (C=O) groups excluding carboxylic acids is 2. The minimum atomic E-state index is -0.976. The van der Waals surface area contributed by atoms with E-state index in [-0.39, 0.29) is 11.3 Å². The van der Waals surface area contributed by atoms with Crippen molar-refractivity contribution in [1.82, 2.24) is 0 Å². The van der Waals surface area contributed by atoms with Crippen LogP contribution in [0, 0.1) is 5.82 Å². The molecule has 0 saturated heterocycles. The van der Waals surface area contributed by atoms with Gasteiger partial charge in [-0.3, -0.25) is 4.79 Å². The highest BCUT2D eigenvalue weighted by Gasteiger charge is 2.14. The van der Waals surface area contributed by atoms with Crippen LogP contribution < -0.4 is 19.7 Å². The second-order valence-electron chi connectivity index (χ2n) is 6.00. The van der Waals surface area contributed by atoms with Crippen LogP contribution in [0.5, 0.6) is 5.75 Å². The van der Waals surface area contributed by atoms with Crippen LogP contribution in [0.4, 0.5) is 30.6 Å². The van der Waals surface area contributed by atoms with Gasteiger partial charge in [0.2, 0.25) is 6.86 Å². The van der Waals surface area contributed by atoms with Gasteiger partial charge in [0.15, 0.2) is 0 Å². The van der Waals surface area contributed by atoms with E-state index in [1.54, 1.807) is 48.5 Å². The first-order valence-corrected chi connectivity index (χ1v) is 9.12. The fourth-order valence-corrected chi connectivity index (χ4v) is 2.73. The van der Waals surface area contributed by atoms with E-state index in [2.05, 4.69) is 23.4 Å². The van der Waals surface area contributed by atoms with E-state index in [1.807, 2.05) is 0 Å². The van der Waals surface area contributed by atoms with Crippen LogP contribution in [0.2, 0.25) is 0 Å². The summed E-state index contributed by atoms with van der Waals surface area (Å²) in [6, 6.07) is 17.6. The van der Waals surface area contributed by atoms with Gasteiger partial charge in [-0.2, -0.15) is 0 Å². The summed E-state index contributed by atoms with van der Waals surface area (Å²) >= 11 is 4.18. The van der Waals surface area contributed by atoms with Crippen LogP contribution in [-0.2, 0) is 0 Å². The zero-order valence-corrected chi connectivity index (χ0v) is 16.4. The molecule has 0 saturated carbocycles. The van der Waals surface area contributed by atoms with Gasteiger partial charge in [-0.25, -0.2) is 17.9 Å². The molecule has 2 N–H and O–H groups in total. The minimum Gasteiger partial charge on any atom is -0.463 e. The molecule has 154 valence electrons. The van der Waals surface area contributed by atoms with E-state index in [0.717, 1.165) is 4.31 Å². The molecule has 0 atom stereocenters. The highest BCUT2D eigenvalue weighted by molar-refractivity contribution is 7.82. The van der Waals surface area contributed by atoms with E-state index >= 15 is 0 Å². The number of nitrogens with zero attached hydrogens (tertiary/aromatic N) is 1. The summed E-state index contributed by atoms with van der Waals surface area (Å²) in [7, 11) is 0. The first-order valence-electron chi connectivity index (χ1n) is 8.72. The Bertz CT molecular complexity index is 1050. The smallest absolute Gasteiger partial charge is 0.336 e. The number of amides is 3. The van der Waals surface area contributed by atoms with Gasteiger partial charge in [-0.15, -0.1) is 0 Å². The lowest BCUT2D eigenvalue weighted by Crippen LogP contribution is -2.26. The molecule has 0 aliphatic carbocycles. The highest BCUT2D eigenvalue weighted by atomic mass is 32.1. The zero-order valence-electron chi connectivity index (χ0n) is 15.5. The first kappa shape index (κ1) is 21.1. The van der Waals surface area contributed by atoms with Crippen molar-refractivity contribution in [1.29, 1.82) is 0 Å². The van der Waals surface area contributed by atoms with Gasteiger partial charge >= 0.3 is 6.03 Å². The van der Waals surface area contributed by atoms with E-state index < -0.39 is 24.6 Å². The predicted octanol–water partition coefficient (Wildman–Crippen LogP) is 5.27. The lowest BCUT2D eigenvalue weighted by Gasteiger charge is -2.17. The number of carbonyl (C=O) groups is 2. The molecular weight excluding hydrogens is 412 g/mol. The van der Waals surface area contributed by atoms with Crippen LogP contribution in [0.15, 0.2) is 72.8 Å². The van der Waals surface area contributed by atoms with Gasteiger partial charge in [0.25, 0.3) is 5.91 Å². The second-order valence-corrected chi connectivity index (χ2v) is 6.40. The second kappa shape index (κ2) is 9.75. The summed E-state index contributed by atoms with van der Waals surface area (Å²) in [5.41, 5.74) is 1.18. The quantitative estimate of drug-likeness (QED) is 0.468. The maximum absolute atomic E-state index is 13.7. The Hall–Kier alpha value is -3.59. The maximum atomic E-state index is 13.7. The standard InChI is InChI=1S/C21H17F2N3O3S/c22-13-29-17-5-3-4-15(12-17)25-21(28)26(30)16-10-8-14(9-11-16)24-20(27)18-6-1-2-7-19(18)23/h1-12,30H,13H2,(H,24,27)(H,25,28). The zero-order chi connectivity index (χ0) is 21.5. The first-order chi connectivity index (χ1) is 14.5. The van der Waals surface area contributed by atoms with Crippen molar-refractivity contribution in [3.63, 3.8) is 0 Å². The summed E-state index contributed by atoms with van der Waals surface area (Å²) in [5.74, 6) is -0.932. The molecule has 0 aliphatic heterocycles. The number of ether oxygens (including phenoxy) is 1. The SMILES string of the molecule is O=C(Nc1ccc(N(S)C(=O)Nc2cccc(OCF)c2)cc1)c1ccccc1F. The number of benzene rings is 3. The van der Waals surface area contributed by atoms with Crippen molar-refractivity contribution >= 4 is 41.8 Å². The molecule has 30 heavy (non-hydrogen) atoms. The van der Waals surface area contributed by atoms with Crippen LogP contribution in [0.25, 0.3) is 0 Å². The third-order valence-electron chi connectivity index (χ3n) is 3.99. The van der Waals surface area contributed by atoms with Crippen molar-refractivity contribution in [3.05, 3.63) is 84.2 Å². The fraction of sp³-hybridized carbons (Fsp3) is 0.0476. The monoisotopic (exact) mass is 429 g/mol. The number of thiol groups is 1. The van der Waals surface area contributed by atoms with Crippen LogP contribution >= 0.6 is 12.8 Å². The van der Waals surface area contributed by atoms with E-state index in [0.29, 0.717) is 17.1 Å². The third-order valence-corrected chi connectivity index (χ3v) is 4.40. The Morgan fingerprint density at radius 1 is 0.933 bits per heavy atom. The number of urea groups is 1. The molecular formula is C21H17F2N3O3S. The third kappa shape index (κ3) is 5.26. The molecule has 3 aromatic rings. The van der Waals surface area contributed by atoms with Gasteiger partial charge in [0.05, 0.1) is 11.3 Å².